The molecule has 0 aliphatic carbocycles. The lowest BCUT2D eigenvalue weighted by Gasteiger charge is -2.05. The summed E-state index contributed by atoms with van der Waals surface area (Å²) in [7, 11) is 0. The second-order valence-corrected chi connectivity index (χ2v) is 4.24. The molecule has 0 radical (unpaired) electrons. The monoisotopic (exact) mass is 279 g/mol. The Bertz CT molecular complexity index is 613. The van der Waals surface area contributed by atoms with Crippen LogP contribution in [0.2, 0.25) is 0 Å². The van der Waals surface area contributed by atoms with E-state index in [1.807, 2.05) is 6.92 Å². The Morgan fingerprint density at radius 1 is 1.50 bits per heavy atom. The van der Waals surface area contributed by atoms with Crippen molar-refractivity contribution in [1.82, 2.24) is 9.78 Å². The lowest BCUT2D eigenvalue weighted by Crippen LogP contribution is -2.01. The van der Waals surface area contributed by atoms with Crippen LogP contribution in [0.5, 0.6) is 5.75 Å². The first kappa shape index (κ1) is 14.0. The number of nitrogens with zero attached hydrogens (tertiary/aromatic N) is 3. The van der Waals surface area contributed by atoms with Crippen LogP contribution in [0, 0.1) is 15.9 Å². The zero-order valence-corrected chi connectivity index (χ0v) is 11.0. The summed E-state index contributed by atoms with van der Waals surface area (Å²) in [5.41, 5.74) is -0.407. The molecular weight excluding hydrogens is 265 g/mol. The fourth-order valence-electron chi connectivity index (χ4n) is 1.75. The molecule has 0 amide bonds. The molecule has 7 heteroatoms. The molecule has 2 aromatic rings. The summed E-state index contributed by atoms with van der Waals surface area (Å²) in [6.07, 6.45) is 4.18. The van der Waals surface area contributed by atoms with E-state index in [4.69, 9.17) is 4.74 Å². The van der Waals surface area contributed by atoms with Crippen LogP contribution in [0.4, 0.5) is 10.1 Å². The quantitative estimate of drug-likeness (QED) is 0.602. The maximum absolute atomic E-state index is 13.8. The standard InChI is InChI=1S/C13H14FN3O3/c1-2-6-16-8-11(7-15-16)20-9-10-4-3-5-12(13(10)14)17(18)19/h3-5,7-8H,2,6,9H2,1H3. The number of aryl methyl sites for hydroxylation is 1. The molecule has 0 fully saturated rings. The highest BCUT2D eigenvalue weighted by Crippen LogP contribution is 2.21. The molecule has 0 saturated carbocycles. The number of halogens is 1. The Balaban J connectivity index is 2.06. The molecule has 0 unspecified atom stereocenters. The van der Waals surface area contributed by atoms with Crippen molar-refractivity contribution in [3.8, 4) is 5.75 Å². The van der Waals surface area contributed by atoms with Crippen LogP contribution in [-0.4, -0.2) is 14.7 Å². The molecule has 1 aromatic carbocycles. The Morgan fingerprint density at radius 2 is 2.30 bits per heavy atom. The number of ether oxygens (including phenoxy) is 1. The molecule has 1 heterocycles. The van der Waals surface area contributed by atoms with Gasteiger partial charge in [-0.25, -0.2) is 0 Å². The summed E-state index contributed by atoms with van der Waals surface area (Å²) in [6, 6.07) is 4.01. The number of nitro benzene ring substituents is 1. The van der Waals surface area contributed by atoms with E-state index in [0.29, 0.717) is 5.75 Å². The normalized spacial score (nSPS) is 10.5. The van der Waals surface area contributed by atoms with Gasteiger partial charge in [-0.1, -0.05) is 19.1 Å². The van der Waals surface area contributed by atoms with Gasteiger partial charge in [0.2, 0.25) is 5.82 Å². The number of hydrogen-bond donors (Lipinski definition) is 0. The number of hydrogen-bond acceptors (Lipinski definition) is 4. The first-order valence-corrected chi connectivity index (χ1v) is 6.19. The van der Waals surface area contributed by atoms with Gasteiger partial charge in [0.1, 0.15) is 6.61 Å². The minimum Gasteiger partial charge on any atom is -0.485 e. The van der Waals surface area contributed by atoms with E-state index in [-0.39, 0.29) is 12.2 Å². The second kappa shape index (κ2) is 6.14. The molecular formula is C13H14FN3O3. The summed E-state index contributed by atoms with van der Waals surface area (Å²) in [4.78, 5) is 9.88. The number of rotatable bonds is 6. The minimum absolute atomic E-state index is 0.0780. The van der Waals surface area contributed by atoms with Gasteiger partial charge in [0.05, 0.1) is 17.3 Å². The van der Waals surface area contributed by atoms with Gasteiger partial charge in [-0.2, -0.15) is 9.49 Å². The van der Waals surface area contributed by atoms with Crippen LogP contribution in [0.25, 0.3) is 0 Å². The van der Waals surface area contributed by atoms with Crippen molar-refractivity contribution in [2.24, 2.45) is 0 Å². The van der Waals surface area contributed by atoms with Crippen LogP contribution in [0.3, 0.4) is 0 Å². The average Bonchev–Trinajstić information content (AvgIpc) is 2.85. The Hall–Kier alpha value is -2.44. The van der Waals surface area contributed by atoms with E-state index in [1.54, 1.807) is 10.9 Å². The van der Waals surface area contributed by atoms with Gasteiger partial charge in [0.15, 0.2) is 5.75 Å². The zero-order chi connectivity index (χ0) is 14.5. The van der Waals surface area contributed by atoms with E-state index in [2.05, 4.69) is 5.10 Å². The molecule has 6 nitrogen and oxygen atoms in total. The molecule has 0 saturated heterocycles. The summed E-state index contributed by atoms with van der Waals surface area (Å²) in [5, 5.41) is 14.7. The maximum atomic E-state index is 13.8. The van der Waals surface area contributed by atoms with E-state index in [0.717, 1.165) is 19.0 Å². The summed E-state index contributed by atoms with van der Waals surface area (Å²) < 4.78 is 20.9. The highest BCUT2D eigenvalue weighted by molar-refractivity contribution is 5.36. The number of aromatic nitrogens is 2. The highest BCUT2D eigenvalue weighted by Gasteiger charge is 2.17. The highest BCUT2D eigenvalue weighted by atomic mass is 19.1. The average molecular weight is 279 g/mol. The van der Waals surface area contributed by atoms with E-state index in [9.17, 15) is 14.5 Å². The number of nitro groups is 1. The molecule has 0 aliphatic heterocycles. The predicted octanol–water partition coefficient (Wildman–Crippen LogP) is 2.92. The van der Waals surface area contributed by atoms with Crippen LogP contribution in [-0.2, 0) is 13.2 Å². The van der Waals surface area contributed by atoms with E-state index >= 15 is 0 Å². The Morgan fingerprint density at radius 3 is 3.00 bits per heavy atom. The maximum Gasteiger partial charge on any atom is 0.305 e. The Labute approximate surface area is 114 Å². The third-order valence-electron chi connectivity index (χ3n) is 2.71. The molecule has 1 aromatic heterocycles. The van der Waals surface area contributed by atoms with Crippen LogP contribution in [0.15, 0.2) is 30.6 Å². The van der Waals surface area contributed by atoms with Crippen molar-refractivity contribution in [3.05, 3.63) is 52.1 Å². The van der Waals surface area contributed by atoms with Crippen LogP contribution < -0.4 is 4.74 Å². The smallest absolute Gasteiger partial charge is 0.305 e. The van der Waals surface area contributed by atoms with Crippen molar-refractivity contribution >= 4 is 5.69 Å². The molecule has 0 N–H and O–H groups in total. The van der Waals surface area contributed by atoms with Crippen molar-refractivity contribution in [3.63, 3.8) is 0 Å². The van der Waals surface area contributed by atoms with Gasteiger partial charge in [-0.15, -0.1) is 0 Å². The largest absolute Gasteiger partial charge is 0.485 e. The number of benzene rings is 1. The van der Waals surface area contributed by atoms with Crippen molar-refractivity contribution < 1.29 is 14.1 Å². The van der Waals surface area contributed by atoms with Crippen LogP contribution in [0.1, 0.15) is 18.9 Å². The van der Waals surface area contributed by atoms with Crippen molar-refractivity contribution in [1.29, 1.82) is 0 Å². The molecule has 2 rings (SSSR count). The van der Waals surface area contributed by atoms with Crippen LogP contribution >= 0.6 is 0 Å². The minimum atomic E-state index is -0.863. The molecule has 0 bridgehead atoms. The molecule has 0 spiro atoms. The summed E-state index contributed by atoms with van der Waals surface area (Å²) in [5.74, 6) is -0.359. The first-order chi connectivity index (χ1) is 9.61. The second-order valence-electron chi connectivity index (χ2n) is 4.24. The summed E-state index contributed by atoms with van der Waals surface area (Å²) in [6.45, 7) is 2.72. The molecule has 106 valence electrons. The van der Waals surface area contributed by atoms with Crippen molar-refractivity contribution in [2.45, 2.75) is 26.5 Å². The van der Waals surface area contributed by atoms with E-state index < -0.39 is 16.4 Å². The van der Waals surface area contributed by atoms with Gasteiger partial charge in [-0.3, -0.25) is 14.8 Å². The fraction of sp³-hybridized carbons (Fsp3) is 0.308. The van der Waals surface area contributed by atoms with Gasteiger partial charge >= 0.3 is 5.69 Å². The van der Waals surface area contributed by atoms with Gasteiger partial charge < -0.3 is 4.74 Å². The lowest BCUT2D eigenvalue weighted by molar-refractivity contribution is -0.387. The molecule has 20 heavy (non-hydrogen) atoms. The van der Waals surface area contributed by atoms with E-state index in [1.165, 1.54) is 18.3 Å². The third kappa shape index (κ3) is 3.11. The summed E-state index contributed by atoms with van der Waals surface area (Å²) >= 11 is 0. The SMILES string of the molecule is CCCn1cc(OCc2cccc([N+](=O)[O-])c2F)cn1. The van der Waals surface area contributed by atoms with Gasteiger partial charge in [0.25, 0.3) is 0 Å². The third-order valence-corrected chi connectivity index (χ3v) is 2.71. The molecule has 0 aliphatic rings. The fourth-order valence-corrected chi connectivity index (χ4v) is 1.75. The predicted molar refractivity (Wildman–Crippen MR) is 69.9 cm³/mol. The Kier molecular flexibility index (Phi) is 4.29. The first-order valence-electron chi connectivity index (χ1n) is 6.19. The topological polar surface area (TPSA) is 70.2 Å². The van der Waals surface area contributed by atoms with Gasteiger partial charge in [0, 0.05) is 18.2 Å². The zero-order valence-electron chi connectivity index (χ0n) is 11.0. The molecule has 0 atom stereocenters. The van der Waals surface area contributed by atoms with Gasteiger partial charge in [-0.05, 0) is 6.42 Å². The van der Waals surface area contributed by atoms with Crippen molar-refractivity contribution in [2.75, 3.05) is 0 Å². The lowest BCUT2D eigenvalue weighted by atomic mass is 10.2.